The smallest absolute Gasteiger partial charge is 0.269 e. The molecule has 0 bridgehead atoms. The van der Waals surface area contributed by atoms with Gasteiger partial charge in [-0.1, -0.05) is 48.5 Å². The average Bonchev–Trinajstić information content (AvgIpc) is 3.45. The van der Waals surface area contributed by atoms with Gasteiger partial charge >= 0.3 is 0 Å². The van der Waals surface area contributed by atoms with Crippen LogP contribution in [0.25, 0.3) is 0 Å². The van der Waals surface area contributed by atoms with Crippen LogP contribution in [0.4, 0.5) is 11.4 Å². The third-order valence-corrected chi connectivity index (χ3v) is 8.08. The van der Waals surface area contributed by atoms with Crippen LogP contribution < -0.4 is 0 Å². The maximum absolute atomic E-state index is 13.9. The molecular weight excluding hydrogens is 540 g/mol. The van der Waals surface area contributed by atoms with Crippen molar-refractivity contribution in [1.82, 2.24) is 9.80 Å². The van der Waals surface area contributed by atoms with Crippen molar-refractivity contribution in [2.24, 2.45) is 11.8 Å². The number of fused-ring (bicyclic) bond motifs is 3. The highest BCUT2D eigenvalue weighted by molar-refractivity contribution is 6.12. The summed E-state index contributed by atoms with van der Waals surface area (Å²) < 4.78 is 0. The molecule has 0 spiro atoms. The third-order valence-electron chi connectivity index (χ3n) is 8.08. The van der Waals surface area contributed by atoms with Crippen molar-refractivity contribution in [2.75, 3.05) is 0 Å². The molecule has 0 aromatic heterocycles. The first-order chi connectivity index (χ1) is 20.2. The van der Waals surface area contributed by atoms with Gasteiger partial charge in [0.2, 0.25) is 11.8 Å². The van der Waals surface area contributed by atoms with Crippen molar-refractivity contribution in [3.05, 3.63) is 140 Å². The standard InChI is InChI=1S/C31H24N4O7/c36-29(22-8-12-24(13-9-22)35(41)42)28-27-26(30(37)33(31(27)38)18-20-4-2-1-3-5-20)25-17-21(14-15-32(25)28)16-19-6-10-23(11-7-19)34(39)40/h1-15,17,25-28H,16,18H2/t25-,26+,27+,28+/m1/s1. The van der Waals surface area contributed by atoms with E-state index in [9.17, 15) is 34.6 Å². The normalized spacial score (nSPS) is 22.5. The fraction of sp³-hybridized carbons (Fsp3) is 0.194. The van der Waals surface area contributed by atoms with Crippen LogP contribution in [0, 0.1) is 32.1 Å². The third kappa shape index (κ3) is 4.64. The molecule has 210 valence electrons. The molecule has 0 saturated carbocycles. The van der Waals surface area contributed by atoms with E-state index in [-0.39, 0.29) is 29.4 Å². The number of nitro benzene ring substituents is 2. The number of imide groups is 1. The molecule has 2 amide bonds. The predicted octanol–water partition coefficient (Wildman–Crippen LogP) is 4.24. The Hall–Kier alpha value is -5.45. The molecule has 0 unspecified atom stereocenters. The summed E-state index contributed by atoms with van der Waals surface area (Å²) in [7, 11) is 0. The summed E-state index contributed by atoms with van der Waals surface area (Å²) in [4.78, 5) is 65.7. The van der Waals surface area contributed by atoms with Crippen molar-refractivity contribution in [3.8, 4) is 0 Å². The van der Waals surface area contributed by atoms with E-state index in [4.69, 9.17) is 0 Å². The van der Waals surface area contributed by atoms with E-state index in [1.807, 2.05) is 42.5 Å². The lowest BCUT2D eigenvalue weighted by atomic mass is 9.85. The zero-order chi connectivity index (χ0) is 29.5. The van der Waals surface area contributed by atoms with Gasteiger partial charge in [0, 0.05) is 36.0 Å². The molecular formula is C31H24N4O7. The SMILES string of the molecule is O=C(c1ccc([N+](=O)[O-])cc1)[C@@H]1[C@H]2C(=O)N(Cc3ccccc3)C(=O)[C@H]2[C@H]2C=C(Cc3ccc([N+](=O)[O-])cc3)C=CN21. The van der Waals surface area contributed by atoms with Gasteiger partial charge in [-0.05, 0) is 41.3 Å². The summed E-state index contributed by atoms with van der Waals surface area (Å²) in [5, 5.41) is 22.2. The Labute approximate surface area is 239 Å². The van der Waals surface area contributed by atoms with Crippen molar-refractivity contribution in [2.45, 2.75) is 25.0 Å². The number of hydrogen-bond donors (Lipinski definition) is 0. The van der Waals surface area contributed by atoms with E-state index in [0.29, 0.717) is 6.42 Å². The lowest BCUT2D eigenvalue weighted by Crippen LogP contribution is -2.45. The monoisotopic (exact) mass is 564 g/mol. The van der Waals surface area contributed by atoms with Gasteiger partial charge in [-0.25, -0.2) is 0 Å². The molecule has 0 N–H and O–H groups in total. The maximum Gasteiger partial charge on any atom is 0.269 e. The van der Waals surface area contributed by atoms with Crippen molar-refractivity contribution >= 4 is 29.0 Å². The molecule has 3 aliphatic heterocycles. The molecule has 11 heteroatoms. The van der Waals surface area contributed by atoms with Crippen LogP contribution >= 0.6 is 0 Å². The summed E-state index contributed by atoms with van der Waals surface area (Å²) in [6.45, 7) is 0.0892. The molecule has 3 aromatic rings. The number of rotatable bonds is 8. The molecule has 3 aromatic carbocycles. The number of nitrogens with zero attached hydrogens (tertiary/aromatic N) is 4. The van der Waals surface area contributed by atoms with Crippen LogP contribution in [-0.4, -0.2) is 49.3 Å². The van der Waals surface area contributed by atoms with E-state index < -0.39 is 45.5 Å². The van der Waals surface area contributed by atoms with Gasteiger partial charge < -0.3 is 4.90 Å². The van der Waals surface area contributed by atoms with E-state index >= 15 is 0 Å². The number of non-ortho nitro benzene ring substituents is 2. The predicted molar refractivity (Wildman–Crippen MR) is 150 cm³/mol. The Morgan fingerprint density at radius 3 is 1.98 bits per heavy atom. The Balaban J connectivity index is 1.34. The Kier molecular flexibility index (Phi) is 6.69. The minimum Gasteiger partial charge on any atom is -0.359 e. The zero-order valence-electron chi connectivity index (χ0n) is 22.1. The van der Waals surface area contributed by atoms with Crippen LogP contribution in [0.3, 0.4) is 0 Å². The van der Waals surface area contributed by atoms with Crippen LogP contribution in [0.2, 0.25) is 0 Å². The second-order valence-corrected chi connectivity index (χ2v) is 10.5. The summed E-state index contributed by atoms with van der Waals surface area (Å²) in [5.41, 5.74) is 2.49. The molecule has 42 heavy (non-hydrogen) atoms. The van der Waals surface area contributed by atoms with Crippen LogP contribution in [-0.2, 0) is 22.6 Å². The van der Waals surface area contributed by atoms with Crippen molar-refractivity contribution in [1.29, 1.82) is 0 Å². The minimum atomic E-state index is -0.980. The number of carbonyl (C=O) groups excluding carboxylic acids is 3. The van der Waals surface area contributed by atoms with Crippen molar-refractivity contribution in [3.63, 3.8) is 0 Å². The molecule has 11 nitrogen and oxygen atoms in total. The number of amides is 2. The Bertz CT molecular complexity index is 1670. The molecule has 3 aliphatic rings. The van der Waals surface area contributed by atoms with Gasteiger partial charge in [0.25, 0.3) is 11.4 Å². The lowest BCUT2D eigenvalue weighted by Gasteiger charge is -2.33. The molecule has 6 rings (SSSR count). The largest absolute Gasteiger partial charge is 0.359 e. The number of carbonyl (C=O) groups is 3. The van der Waals surface area contributed by atoms with Gasteiger partial charge in [0.15, 0.2) is 5.78 Å². The fourth-order valence-electron chi connectivity index (χ4n) is 6.09. The second kappa shape index (κ2) is 10.5. The van der Waals surface area contributed by atoms with Gasteiger partial charge in [-0.2, -0.15) is 0 Å². The van der Waals surface area contributed by atoms with E-state index in [2.05, 4.69) is 0 Å². The minimum absolute atomic E-state index is 0.0158. The lowest BCUT2D eigenvalue weighted by molar-refractivity contribution is -0.385. The van der Waals surface area contributed by atoms with Crippen LogP contribution in [0.5, 0.6) is 0 Å². The number of likely N-dealkylation sites (tertiary alicyclic amines) is 1. The van der Waals surface area contributed by atoms with E-state index in [1.54, 1.807) is 23.2 Å². The zero-order valence-corrected chi connectivity index (χ0v) is 22.1. The molecule has 2 saturated heterocycles. The first kappa shape index (κ1) is 26.8. The molecule has 0 radical (unpaired) electrons. The highest BCUT2D eigenvalue weighted by Crippen LogP contribution is 2.46. The topological polar surface area (TPSA) is 144 Å². The number of ketones is 1. The molecule has 0 aliphatic carbocycles. The summed E-state index contributed by atoms with van der Waals surface area (Å²) in [6, 6.07) is 19.0. The maximum atomic E-state index is 13.9. The van der Waals surface area contributed by atoms with Crippen LogP contribution in [0.15, 0.2) is 103 Å². The van der Waals surface area contributed by atoms with Crippen molar-refractivity contribution < 1.29 is 24.2 Å². The highest BCUT2D eigenvalue weighted by Gasteiger charge is 2.63. The number of allylic oxidation sites excluding steroid dienone is 2. The molecule has 2 fully saturated rings. The van der Waals surface area contributed by atoms with E-state index in [1.165, 1.54) is 41.3 Å². The first-order valence-corrected chi connectivity index (χ1v) is 13.3. The van der Waals surface area contributed by atoms with Crippen LogP contribution in [0.1, 0.15) is 21.5 Å². The number of nitro groups is 2. The first-order valence-electron chi connectivity index (χ1n) is 13.3. The van der Waals surface area contributed by atoms with Gasteiger partial charge in [0.1, 0.15) is 6.04 Å². The molecule has 4 atom stereocenters. The van der Waals surface area contributed by atoms with E-state index in [0.717, 1.165) is 16.7 Å². The average molecular weight is 565 g/mol. The van der Waals surface area contributed by atoms with Gasteiger partial charge in [0.05, 0.1) is 34.3 Å². The number of benzene rings is 3. The highest BCUT2D eigenvalue weighted by atomic mass is 16.6. The fourth-order valence-corrected chi connectivity index (χ4v) is 6.09. The second-order valence-electron chi connectivity index (χ2n) is 10.5. The summed E-state index contributed by atoms with van der Waals surface area (Å²) >= 11 is 0. The van der Waals surface area contributed by atoms with Gasteiger partial charge in [-0.3, -0.25) is 39.5 Å². The number of hydrogen-bond acceptors (Lipinski definition) is 8. The Morgan fingerprint density at radius 1 is 0.762 bits per heavy atom. The van der Waals surface area contributed by atoms with Gasteiger partial charge in [-0.15, -0.1) is 0 Å². The Morgan fingerprint density at radius 2 is 1.36 bits per heavy atom. The quantitative estimate of drug-likeness (QED) is 0.171. The molecule has 3 heterocycles. The summed E-state index contributed by atoms with van der Waals surface area (Å²) in [5.74, 6) is -2.92. The number of Topliss-reactive ketones (excluding diaryl/α,β-unsaturated/α-hetero) is 1. The summed E-state index contributed by atoms with van der Waals surface area (Å²) in [6.07, 6.45) is 5.86.